The zero-order valence-electron chi connectivity index (χ0n) is 14.4. The van der Waals surface area contributed by atoms with Crippen molar-refractivity contribution in [3.05, 3.63) is 45.9 Å². The molecule has 0 atom stereocenters. The highest BCUT2D eigenvalue weighted by atomic mass is 16.6. The van der Waals surface area contributed by atoms with E-state index in [9.17, 15) is 14.9 Å². The lowest BCUT2D eigenvalue weighted by Gasteiger charge is -2.16. The Morgan fingerprint density at radius 3 is 2.92 bits per heavy atom. The quantitative estimate of drug-likeness (QED) is 0.452. The third-order valence-electron chi connectivity index (χ3n) is 3.58. The molecule has 0 aliphatic rings. The highest BCUT2D eigenvalue weighted by molar-refractivity contribution is 5.73. The summed E-state index contributed by atoms with van der Waals surface area (Å²) in [6, 6.07) is 6.07. The van der Waals surface area contributed by atoms with Crippen LogP contribution in [-0.2, 0) is 11.3 Å². The maximum absolute atomic E-state index is 11.9. The molecule has 0 saturated heterocycles. The Morgan fingerprint density at radius 1 is 1.48 bits per heavy atom. The smallest absolute Gasteiger partial charge is 0.317 e. The number of aryl methyl sites for hydroxylation is 1. The molecule has 9 heteroatoms. The molecular formula is C16H21N5O4. The van der Waals surface area contributed by atoms with Gasteiger partial charge in [0.05, 0.1) is 23.8 Å². The van der Waals surface area contributed by atoms with Gasteiger partial charge in [0, 0.05) is 44.1 Å². The lowest BCUT2D eigenvalue weighted by molar-refractivity contribution is -0.384. The van der Waals surface area contributed by atoms with Crippen molar-refractivity contribution in [2.75, 3.05) is 27.3 Å². The van der Waals surface area contributed by atoms with Crippen LogP contribution >= 0.6 is 0 Å². The van der Waals surface area contributed by atoms with E-state index in [4.69, 9.17) is 4.74 Å². The van der Waals surface area contributed by atoms with Crippen LogP contribution in [0.1, 0.15) is 11.5 Å². The molecule has 0 aliphatic heterocycles. The minimum absolute atomic E-state index is 0.0103. The molecule has 0 fully saturated rings. The molecule has 2 aromatic rings. The topological polar surface area (TPSA) is 113 Å². The number of ether oxygens (including phenoxy) is 1. The Kier molecular flexibility index (Phi) is 6.07. The minimum atomic E-state index is -0.440. The van der Waals surface area contributed by atoms with Crippen LogP contribution in [0.15, 0.2) is 24.3 Å². The van der Waals surface area contributed by atoms with E-state index in [-0.39, 0.29) is 18.3 Å². The van der Waals surface area contributed by atoms with Crippen molar-refractivity contribution in [2.45, 2.75) is 13.5 Å². The maximum Gasteiger partial charge on any atom is 0.317 e. The number of hydrogen-bond acceptors (Lipinski definition) is 5. The lowest BCUT2D eigenvalue weighted by atomic mass is 10.1. The number of amides is 2. The number of aromatic amines is 1. The first kappa shape index (κ1) is 18.4. The van der Waals surface area contributed by atoms with Gasteiger partial charge in [0.1, 0.15) is 5.82 Å². The van der Waals surface area contributed by atoms with Gasteiger partial charge >= 0.3 is 6.03 Å². The van der Waals surface area contributed by atoms with E-state index in [1.807, 2.05) is 6.92 Å². The summed E-state index contributed by atoms with van der Waals surface area (Å²) in [5, 5.41) is 13.6. The first-order chi connectivity index (χ1) is 11.9. The number of carbonyl (C=O) groups excluding carboxylic acids is 1. The number of nitrogens with one attached hydrogen (secondary N) is 2. The number of hydrogen-bond donors (Lipinski definition) is 2. The van der Waals surface area contributed by atoms with Crippen molar-refractivity contribution in [2.24, 2.45) is 0 Å². The molecule has 2 rings (SSSR count). The summed E-state index contributed by atoms with van der Waals surface area (Å²) in [6.45, 7) is 2.99. The third-order valence-corrected chi connectivity index (χ3v) is 3.58. The minimum Gasteiger partial charge on any atom is -0.383 e. The fraction of sp³-hybridized carbons (Fsp3) is 0.375. The van der Waals surface area contributed by atoms with Crippen molar-refractivity contribution in [3.8, 4) is 11.3 Å². The molecule has 0 unspecified atom stereocenters. The molecule has 9 nitrogen and oxygen atoms in total. The number of methoxy groups -OCH3 is 1. The van der Waals surface area contributed by atoms with Crippen LogP contribution in [0.25, 0.3) is 11.3 Å². The lowest BCUT2D eigenvalue weighted by Crippen LogP contribution is -2.38. The zero-order chi connectivity index (χ0) is 18.4. The monoisotopic (exact) mass is 347 g/mol. The summed E-state index contributed by atoms with van der Waals surface area (Å²) < 4.78 is 4.89. The van der Waals surface area contributed by atoms with Gasteiger partial charge in [0.15, 0.2) is 0 Å². The largest absolute Gasteiger partial charge is 0.383 e. The Morgan fingerprint density at radius 2 is 2.24 bits per heavy atom. The number of nitro groups is 1. The normalized spacial score (nSPS) is 10.5. The molecule has 0 spiro atoms. The highest BCUT2D eigenvalue weighted by Crippen LogP contribution is 2.25. The van der Waals surface area contributed by atoms with Crippen LogP contribution < -0.4 is 5.32 Å². The molecule has 134 valence electrons. The van der Waals surface area contributed by atoms with Gasteiger partial charge in [0.2, 0.25) is 0 Å². The molecule has 2 N–H and O–H groups in total. The molecule has 25 heavy (non-hydrogen) atoms. The van der Waals surface area contributed by atoms with Gasteiger partial charge in [-0.3, -0.25) is 10.1 Å². The van der Waals surface area contributed by atoms with Gasteiger partial charge in [-0.15, -0.1) is 0 Å². The average molecular weight is 347 g/mol. The third kappa shape index (κ3) is 4.77. The summed E-state index contributed by atoms with van der Waals surface area (Å²) in [7, 11) is 3.23. The molecule has 2 amide bonds. The Balaban J connectivity index is 2.10. The van der Waals surface area contributed by atoms with E-state index in [2.05, 4.69) is 15.3 Å². The summed E-state index contributed by atoms with van der Waals surface area (Å²) in [6.07, 6.45) is 0. The van der Waals surface area contributed by atoms with Crippen LogP contribution in [-0.4, -0.2) is 53.1 Å². The van der Waals surface area contributed by atoms with E-state index < -0.39 is 4.92 Å². The summed E-state index contributed by atoms with van der Waals surface area (Å²) in [5.41, 5.74) is 2.08. The summed E-state index contributed by atoms with van der Waals surface area (Å²) in [4.78, 5) is 31.5. The van der Waals surface area contributed by atoms with Crippen LogP contribution in [0.4, 0.5) is 10.5 Å². The summed E-state index contributed by atoms with van der Waals surface area (Å²) >= 11 is 0. The highest BCUT2D eigenvalue weighted by Gasteiger charge is 2.15. The van der Waals surface area contributed by atoms with Gasteiger partial charge in [-0.05, 0) is 6.92 Å². The molecule has 0 radical (unpaired) electrons. The van der Waals surface area contributed by atoms with E-state index in [1.54, 1.807) is 26.3 Å². The second-order valence-electron chi connectivity index (χ2n) is 5.55. The molecule has 1 heterocycles. The number of aromatic nitrogens is 2. The van der Waals surface area contributed by atoms with Crippen LogP contribution in [0, 0.1) is 17.0 Å². The van der Waals surface area contributed by atoms with Gasteiger partial charge in [-0.1, -0.05) is 12.1 Å². The molecule has 1 aromatic carbocycles. The molecule has 0 aliphatic carbocycles. The fourth-order valence-corrected chi connectivity index (χ4v) is 2.34. The van der Waals surface area contributed by atoms with Crippen molar-refractivity contribution in [1.82, 2.24) is 20.2 Å². The number of imidazole rings is 1. The zero-order valence-corrected chi connectivity index (χ0v) is 14.4. The van der Waals surface area contributed by atoms with E-state index in [1.165, 1.54) is 17.0 Å². The number of nitrogens with zero attached hydrogens (tertiary/aromatic N) is 3. The van der Waals surface area contributed by atoms with Crippen LogP contribution in [0.5, 0.6) is 0 Å². The maximum atomic E-state index is 11.9. The Hall–Kier alpha value is -2.94. The SMILES string of the molecule is COCCNC(=O)N(C)Cc1nc(-c2cccc([N+](=O)[O-])c2)c(C)[nH]1. The van der Waals surface area contributed by atoms with Crippen molar-refractivity contribution < 1.29 is 14.5 Å². The van der Waals surface area contributed by atoms with Crippen molar-refractivity contribution in [1.29, 1.82) is 0 Å². The van der Waals surface area contributed by atoms with Crippen LogP contribution in [0.3, 0.4) is 0 Å². The fourth-order valence-electron chi connectivity index (χ4n) is 2.34. The van der Waals surface area contributed by atoms with E-state index >= 15 is 0 Å². The number of nitro benzene ring substituents is 1. The van der Waals surface area contributed by atoms with Crippen LogP contribution in [0.2, 0.25) is 0 Å². The molecular weight excluding hydrogens is 326 g/mol. The van der Waals surface area contributed by atoms with Crippen molar-refractivity contribution in [3.63, 3.8) is 0 Å². The average Bonchev–Trinajstić information content (AvgIpc) is 2.95. The van der Waals surface area contributed by atoms with Gasteiger partial charge < -0.3 is 19.9 Å². The Labute approximate surface area is 145 Å². The first-order valence-corrected chi connectivity index (χ1v) is 7.70. The number of benzene rings is 1. The number of urea groups is 1. The second-order valence-corrected chi connectivity index (χ2v) is 5.55. The standard InChI is InChI=1S/C16H21N5O4/c1-11-15(12-5-4-6-13(9-12)21(23)24)19-14(18-11)10-20(2)16(22)17-7-8-25-3/h4-6,9H,7-8,10H2,1-3H3,(H,17,22)(H,18,19). The summed E-state index contributed by atoms with van der Waals surface area (Å²) in [5.74, 6) is 0.600. The first-order valence-electron chi connectivity index (χ1n) is 7.70. The number of rotatable bonds is 7. The van der Waals surface area contributed by atoms with Gasteiger partial charge in [-0.2, -0.15) is 0 Å². The molecule has 0 saturated carbocycles. The van der Waals surface area contributed by atoms with E-state index in [0.717, 1.165) is 5.69 Å². The molecule has 0 bridgehead atoms. The second kappa shape index (κ2) is 8.25. The predicted molar refractivity (Wildman–Crippen MR) is 92.2 cm³/mol. The molecule has 1 aromatic heterocycles. The number of non-ortho nitro benzene ring substituents is 1. The van der Waals surface area contributed by atoms with E-state index in [0.29, 0.717) is 30.2 Å². The van der Waals surface area contributed by atoms with Crippen molar-refractivity contribution >= 4 is 11.7 Å². The van der Waals surface area contributed by atoms with Gasteiger partial charge in [-0.25, -0.2) is 9.78 Å². The number of carbonyl (C=O) groups is 1. The number of H-pyrrole nitrogens is 1. The Bertz CT molecular complexity index is 759. The van der Waals surface area contributed by atoms with Gasteiger partial charge in [0.25, 0.3) is 5.69 Å². The predicted octanol–water partition coefficient (Wildman–Crippen LogP) is 2.08.